The molecule has 1 saturated carbocycles. The van der Waals surface area contributed by atoms with E-state index in [2.05, 4.69) is 0 Å². The van der Waals surface area contributed by atoms with Gasteiger partial charge < -0.3 is 5.11 Å². The highest BCUT2D eigenvalue weighted by Gasteiger charge is 2.59. The lowest BCUT2D eigenvalue weighted by molar-refractivity contribution is -0.139. The molecule has 0 unspecified atom stereocenters. The number of benzene rings is 2. The molecule has 1 aliphatic heterocycles. The summed E-state index contributed by atoms with van der Waals surface area (Å²) >= 11 is 0. The summed E-state index contributed by atoms with van der Waals surface area (Å²) in [7, 11) is 0. The fraction of sp³-hybridized carbons (Fsp3) is 0.310. The zero-order chi connectivity index (χ0) is 26.2. The number of aryl methyl sites for hydroxylation is 1. The number of phenols is 1. The van der Waals surface area contributed by atoms with Crippen LogP contribution in [0.3, 0.4) is 0 Å². The summed E-state index contributed by atoms with van der Waals surface area (Å²) < 4.78 is 3.98. The van der Waals surface area contributed by atoms with E-state index in [4.69, 9.17) is 0 Å². The maximum absolute atomic E-state index is 13.8. The fourth-order valence-corrected chi connectivity index (χ4v) is 6.60. The van der Waals surface area contributed by atoms with Crippen molar-refractivity contribution in [2.24, 2.45) is 11.3 Å². The van der Waals surface area contributed by atoms with Crippen molar-refractivity contribution in [3.63, 3.8) is 0 Å². The summed E-state index contributed by atoms with van der Waals surface area (Å²) in [5.74, 6) is -1.61. The van der Waals surface area contributed by atoms with Crippen molar-refractivity contribution in [2.75, 3.05) is 0 Å². The number of aromatic nitrogens is 3. The molecule has 2 aromatic carbocycles. The minimum Gasteiger partial charge on any atom is -0.507 e. The second-order valence-corrected chi connectivity index (χ2v) is 10.5. The van der Waals surface area contributed by atoms with Gasteiger partial charge in [-0.25, -0.2) is 23.5 Å². The second kappa shape index (κ2) is 7.90. The molecule has 8 heteroatoms. The van der Waals surface area contributed by atoms with Crippen molar-refractivity contribution in [1.29, 1.82) is 0 Å². The first-order chi connectivity index (χ1) is 17.7. The van der Waals surface area contributed by atoms with Crippen LogP contribution in [0.4, 0.5) is 0 Å². The van der Waals surface area contributed by atoms with Crippen LogP contribution in [0.15, 0.2) is 81.4 Å². The molecule has 1 fully saturated rings. The smallest absolute Gasteiger partial charge is 0.352 e. The third kappa shape index (κ3) is 3.01. The summed E-state index contributed by atoms with van der Waals surface area (Å²) in [4.78, 5) is 54.3. The van der Waals surface area contributed by atoms with Crippen molar-refractivity contribution >= 4 is 11.6 Å². The van der Waals surface area contributed by atoms with Crippen LogP contribution in [0, 0.1) is 18.3 Å². The molecule has 3 aromatic rings. The normalized spacial score (nSPS) is 26.6. The number of rotatable bonds is 2. The maximum atomic E-state index is 13.8. The number of fused-ring (bicyclic) bond motifs is 4. The van der Waals surface area contributed by atoms with E-state index < -0.39 is 34.7 Å². The number of ketones is 2. The van der Waals surface area contributed by atoms with E-state index in [-0.39, 0.29) is 30.3 Å². The number of Topliss-reactive ketones (excluding diaryl/α,β-unsaturated/α-hetero) is 1. The van der Waals surface area contributed by atoms with E-state index in [1.807, 2.05) is 18.2 Å². The monoisotopic (exact) mass is 497 g/mol. The van der Waals surface area contributed by atoms with Crippen molar-refractivity contribution in [3.8, 4) is 11.4 Å². The predicted octanol–water partition coefficient (Wildman–Crippen LogP) is 3.20. The molecule has 8 nitrogen and oxygen atoms in total. The van der Waals surface area contributed by atoms with Gasteiger partial charge in [0.15, 0.2) is 11.6 Å². The van der Waals surface area contributed by atoms with Gasteiger partial charge in [-0.3, -0.25) is 9.59 Å². The Bertz CT molecular complexity index is 1670. The predicted molar refractivity (Wildman–Crippen MR) is 137 cm³/mol. The van der Waals surface area contributed by atoms with Crippen LogP contribution in [0.5, 0.6) is 5.75 Å². The van der Waals surface area contributed by atoms with Crippen LogP contribution in [0.2, 0.25) is 0 Å². The zero-order valence-electron chi connectivity index (χ0n) is 20.8. The quantitative estimate of drug-likeness (QED) is 0.548. The third-order valence-electron chi connectivity index (χ3n) is 8.53. The Morgan fingerprint density at radius 2 is 1.68 bits per heavy atom. The van der Waals surface area contributed by atoms with Gasteiger partial charge in [-0.2, -0.15) is 0 Å². The molecule has 37 heavy (non-hydrogen) atoms. The number of hydrogen-bond donors (Lipinski definition) is 1. The number of aromatic hydroxyl groups is 1. The molecule has 0 saturated heterocycles. The van der Waals surface area contributed by atoms with E-state index in [1.165, 1.54) is 15.4 Å². The standard InChI is InChI=1S/C29H27N3O5/c1-16-8-7-11-20(25(16)34)24-19-12-13-30-27(36)31(18-9-5-4-6-10-18)28(37)32(30)22(19)15-21-26(35)17(2)14-23(33)29(21,24)3/h4-12,14,21-22,24,34H,13,15H2,1-3H3/t21-,22+,24+,29-/m0/s1. The van der Waals surface area contributed by atoms with Crippen LogP contribution in [0.1, 0.15) is 43.4 Å². The number of phenolic OH excluding ortho intramolecular Hbond substituents is 1. The van der Waals surface area contributed by atoms with Crippen LogP contribution >= 0.6 is 0 Å². The summed E-state index contributed by atoms with van der Waals surface area (Å²) in [5, 5.41) is 11.1. The van der Waals surface area contributed by atoms with E-state index in [0.717, 1.165) is 10.1 Å². The van der Waals surface area contributed by atoms with Crippen LogP contribution in [0.25, 0.3) is 5.69 Å². The van der Waals surface area contributed by atoms with Crippen molar-refractivity contribution in [1.82, 2.24) is 13.9 Å². The maximum Gasteiger partial charge on any atom is 0.352 e. The Morgan fingerprint density at radius 1 is 0.946 bits per heavy atom. The molecule has 1 aromatic heterocycles. The third-order valence-corrected chi connectivity index (χ3v) is 8.53. The number of para-hydroxylation sites is 2. The Balaban J connectivity index is 1.62. The largest absolute Gasteiger partial charge is 0.507 e. The molecule has 0 radical (unpaired) electrons. The first-order valence-electron chi connectivity index (χ1n) is 12.4. The van der Waals surface area contributed by atoms with Gasteiger partial charge >= 0.3 is 11.4 Å². The molecule has 0 spiro atoms. The number of nitrogens with zero attached hydrogens (tertiary/aromatic N) is 3. The first-order valence-corrected chi connectivity index (χ1v) is 12.4. The Labute approximate surface area is 212 Å². The van der Waals surface area contributed by atoms with Crippen molar-refractivity contribution < 1.29 is 14.7 Å². The summed E-state index contributed by atoms with van der Waals surface area (Å²) in [6.45, 7) is 5.36. The Morgan fingerprint density at radius 3 is 2.41 bits per heavy atom. The molecule has 188 valence electrons. The van der Waals surface area contributed by atoms with Gasteiger partial charge in [-0.05, 0) is 55.2 Å². The molecule has 2 heterocycles. The van der Waals surface area contributed by atoms with Crippen molar-refractivity contribution in [3.05, 3.63) is 104 Å². The van der Waals surface area contributed by atoms with Gasteiger partial charge in [0.2, 0.25) is 0 Å². The number of carbonyl (C=O) groups is 2. The summed E-state index contributed by atoms with van der Waals surface area (Å²) in [5.41, 5.74) is 0.713. The molecule has 1 N–H and O–H groups in total. The molecule has 0 amide bonds. The minimum atomic E-state index is -1.14. The highest BCUT2D eigenvalue weighted by Crippen LogP contribution is 2.60. The zero-order valence-corrected chi connectivity index (χ0v) is 20.8. The molecule has 0 bridgehead atoms. The molecular weight excluding hydrogens is 470 g/mol. The highest BCUT2D eigenvalue weighted by atomic mass is 16.3. The van der Waals surface area contributed by atoms with Gasteiger partial charge in [-0.1, -0.05) is 49.4 Å². The van der Waals surface area contributed by atoms with E-state index in [9.17, 15) is 24.3 Å². The minimum absolute atomic E-state index is 0.0673. The molecule has 2 aliphatic carbocycles. The Hall–Kier alpha value is -4.20. The Kier molecular flexibility index (Phi) is 4.96. The fourth-order valence-electron chi connectivity index (χ4n) is 6.60. The number of hydrogen-bond acceptors (Lipinski definition) is 5. The molecular formula is C29H27N3O5. The molecule has 4 atom stereocenters. The average molecular weight is 498 g/mol. The van der Waals surface area contributed by atoms with Gasteiger partial charge in [0.05, 0.1) is 23.7 Å². The molecule has 3 aliphatic rings. The van der Waals surface area contributed by atoms with Crippen LogP contribution in [-0.2, 0) is 16.1 Å². The highest BCUT2D eigenvalue weighted by molar-refractivity contribution is 6.13. The van der Waals surface area contributed by atoms with Gasteiger partial charge in [0.1, 0.15) is 5.75 Å². The van der Waals surface area contributed by atoms with Gasteiger partial charge in [-0.15, -0.1) is 0 Å². The number of allylic oxidation sites excluding steroid dienone is 4. The summed E-state index contributed by atoms with van der Waals surface area (Å²) in [6, 6.07) is 13.5. The lowest BCUT2D eigenvalue weighted by Crippen LogP contribution is -2.54. The van der Waals surface area contributed by atoms with Crippen LogP contribution in [-0.4, -0.2) is 30.6 Å². The van der Waals surface area contributed by atoms with E-state index in [0.29, 0.717) is 22.4 Å². The lowest BCUT2D eigenvalue weighted by Gasteiger charge is -2.52. The lowest BCUT2D eigenvalue weighted by atomic mass is 9.51. The number of carbonyl (C=O) groups excluding carboxylic acids is 2. The van der Waals surface area contributed by atoms with Gasteiger partial charge in [0.25, 0.3) is 0 Å². The van der Waals surface area contributed by atoms with E-state index >= 15 is 0 Å². The van der Waals surface area contributed by atoms with E-state index in [1.54, 1.807) is 57.2 Å². The average Bonchev–Trinajstić information content (AvgIpc) is 3.14. The van der Waals surface area contributed by atoms with Gasteiger partial charge in [0, 0.05) is 17.4 Å². The molecule has 6 rings (SSSR count). The SMILES string of the molecule is CC1=CC(=O)[C@@]2(C)[C@@H](c3cccc(C)c3O)C3=CCn4c(=O)n(-c5ccccc5)c(=O)n4[C@@H]3C[C@H]2C1=O. The second-order valence-electron chi connectivity index (χ2n) is 10.5. The topological polar surface area (TPSA) is 103 Å². The van der Waals surface area contributed by atoms with Crippen LogP contribution < -0.4 is 11.4 Å². The summed E-state index contributed by atoms with van der Waals surface area (Å²) in [6.07, 6.45) is 3.51. The first kappa shape index (κ1) is 23.2. The van der Waals surface area contributed by atoms with Crippen molar-refractivity contribution in [2.45, 2.75) is 45.7 Å².